The number of rotatable bonds is 4. The number of amides is 1. The van der Waals surface area contributed by atoms with Gasteiger partial charge in [-0.15, -0.1) is 11.3 Å². The van der Waals surface area contributed by atoms with Crippen LogP contribution in [0.5, 0.6) is 0 Å². The van der Waals surface area contributed by atoms with Crippen molar-refractivity contribution in [2.75, 3.05) is 9.33 Å². The van der Waals surface area contributed by atoms with Gasteiger partial charge in [-0.05, 0) is 49.2 Å². The molecule has 0 saturated heterocycles. The maximum atomic E-state index is 12.6. The number of nitrogens with zero attached hydrogens (tertiary/aromatic N) is 2. The second-order valence-electron chi connectivity index (χ2n) is 5.73. The molecule has 0 N–H and O–H groups in total. The van der Waals surface area contributed by atoms with Crippen LogP contribution in [0.15, 0.2) is 52.3 Å². The minimum Gasteiger partial charge on any atom is -0.273 e. The van der Waals surface area contributed by atoms with Crippen LogP contribution in [0, 0.1) is 13.8 Å². The highest BCUT2D eigenvalue weighted by Gasteiger charge is 2.21. The molecule has 2 aromatic carbocycles. The van der Waals surface area contributed by atoms with Crippen molar-refractivity contribution in [3.63, 3.8) is 0 Å². The van der Waals surface area contributed by atoms with Gasteiger partial charge in [0.15, 0.2) is 5.13 Å². The predicted molar refractivity (Wildman–Crippen MR) is 117 cm³/mol. The van der Waals surface area contributed by atoms with Crippen molar-refractivity contribution in [1.82, 2.24) is 4.98 Å². The molecule has 0 spiro atoms. The molecule has 0 saturated carbocycles. The first-order valence-corrected chi connectivity index (χ1v) is 10.9. The Bertz CT molecular complexity index is 888. The van der Waals surface area contributed by atoms with E-state index in [4.69, 9.17) is 4.98 Å². The van der Waals surface area contributed by atoms with Crippen molar-refractivity contribution in [3.8, 4) is 11.3 Å². The Morgan fingerprint density at radius 3 is 2.40 bits per heavy atom. The van der Waals surface area contributed by atoms with Gasteiger partial charge in [-0.2, -0.15) is 0 Å². The van der Waals surface area contributed by atoms with Gasteiger partial charge in [-0.25, -0.2) is 4.98 Å². The normalized spacial score (nSPS) is 10.7. The highest BCUT2D eigenvalue weighted by atomic mass is 127. The number of hydrogen-bond acceptors (Lipinski definition) is 3. The van der Waals surface area contributed by atoms with Gasteiger partial charge in [-0.3, -0.25) is 9.69 Å². The summed E-state index contributed by atoms with van der Waals surface area (Å²) in [6, 6.07) is 14.2. The van der Waals surface area contributed by atoms with Crippen molar-refractivity contribution in [2.45, 2.75) is 13.8 Å². The van der Waals surface area contributed by atoms with Gasteiger partial charge in [0.2, 0.25) is 5.91 Å². The van der Waals surface area contributed by atoms with Crippen molar-refractivity contribution in [1.29, 1.82) is 0 Å². The van der Waals surface area contributed by atoms with E-state index < -0.39 is 0 Å². The fourth-order valence-electron chi connectivity index (χ4n) is 2.62. The summed E-state index contributed by atoms with van der Waals surface area (Å²) in [4.78, 5) is 19.0. The zero-order valence-corrected chi connectivity index (χ0v) is 18.4. The largest absolute Gasteiger partial charge is 0.273 e. The number of aryl methyl sites for hydroxylation is 2. The van der Waals surface area contributed by atoms with Crippen LogP contribution in [0.3, 0.4) is 0 Å². The number of carbonyl (C=O) groups is 1. The number of anilines is 2. The lowest BCUT2D eigenvalue weighted by Crippen LogP contribution is -2.26. The Balaban J connectivity index is 2.03. The molecular formula is C19H16BrIN2OS. The molecular weight excluding hydrogens is 511 g/mol. The lowest BCUT2D eigenvalue weighted by Gasteiger charge is -2.20. The lowest BCUT2D eigenvalue weighted by atomic mass is 10.1. The molecule has 0 bridgehead atoms. The summed E-state index contributed by atoms with van der Waals surface area (Å²) < 4.78 is 1.43. The molecule has 1 aromatic heterocycles. The SMILES string of the molecule is Cc1cc(C)cc(N(C(=O)CI)c2nc(-c3ccc(Br)cc3)cs2)c1. The predicted octanol–water partition coefficient (Wildman–Crippen LogP) is 6.29. The first-order chi connectivity index (χ1) is 12.0. The fraction of sp³-hybridized carbons (Fsp3) is 0.158. The number of halogens is 2. The molecule has 0 aliphatic carbocycles. The Kier molecular flexibility index (Phi) is 5.91. The van der Waals surface area contributed by atoms with Crippen LogP contribution in [0.25, 0.3) is 11.3 Å². The molecule has 0 radical (unpaired) electrons. The van der Waals surface area contributed by atoms with Crippen LogP contribution in [0.2, 0.25) is 0 Å². The molecule has 0 unspecified atom stereocenters. The van der Waals surface area contributed by atoms with Gasteiger partial charge in [-0.1, -0.05) is 56.7 Å². The van der Waals surface area contributed by atoms with Crippen molar-refractivity contribution in [3.05, 3.63) is 63.4 Å². The van der Waals surface area contributed by atoms with E-state index in [9.17, 15) is 4.79 Å². The Hall–Kier alpha value is -1.25. The van der Waals surface area contributed by atoms with Crippen molar-refractivity contribution < 1.29 is 4.79 Å². The monoisotopic (exact) mass is 526 g/mol. The summed E-state index contributed by atoms with van der Waals surface area (Å²) in [6.07, 6.45) is 0. The molecule has 3 nitrogen and oxygen atoms in total. The zero-order chi connectivity index (χ0) is 18.0. The fourth-order valence-corrected chi connectivity index (χ4v) is 4.10. The Labute approximate surface area is 173 Å². The summed E-state index contributed by atoms with van der Waals surface area (Å²) in [5.41, 5.74) is 5.05. The molecule has 0 aliphatic rings. The van der Waals surface area contributed by atoms with E-state index in [-0.39, 0.29) is 5.91 Å². The standard InChI is InChI=1S/C19H16BrIN2OS/c1-12-7-13(2)9-16(8-12)23(18(24)10-21)19-22-17(11-25-19)14-3-5-15(20)6-4-14/h3-9,11H,10H2,1-2H3. The van der Waals surface area contributed by atoms with Crippen LogP contribution in [-0.4, -0.2) is 15.3 Å². The summed E-state index contributed by atoms with van der Waals surface area (Å²) >= 11 is 7.04. The number of hydrogen-bond donors (Lipinski definition) is 0. The smallest absolute Gasteiger partial charge is 0.243 e. The summed E-state index contributed by atoms with van der Waals surface area (Å²) in [5.74, 6) is 0.0299. The third-order valence-corrected chi connectivity index (χ3v) is 5.66. The average Bonchev–Trinajstić information content (AvgIpc) is 3.04. The van der Waals surface area contributed by atoms with Gasteiger partial charge in [0, 0.05) is 15.4 Å². The third-order valence-electron chi connectivity index (χ3n) is 3.65. The minimum absolute atomic E-state index is 0.0299. The van der Waals surface area contributed by atoms with Crippen molar-refractivity contribution >= 4 is 66.6 Å². The third kappa shape index (κ3) is 4.30. The molecule has 3 aromatic rings. The molecule has 1 heterocycles. The first-order valence-electron chi connectivity index (χ1n) is 7.66. The van der Waals surface area contributed by atoms with E-state index in [0.717, 1.165) is 32.5 Å². The van der Waals surface area contributed by atoms with E-state index in [1.54, 1.807) is 4.90 Å². The highest BCUT2D eigenvalue weighted by molar-refractivity contribution is 14.1. The molecule has 0 atom stereocenters. The minimum atomic E-state index is 0.0299. The van der Waals surface area contributed by atoms with Crippen LogP contribution >= 0.6 is 49.9 Å². The van der Waals surface area contributed by atoms with E-state index >= 15 is 0 Å². The van der Waals surface area contributed by atoms with E-state index in [1.807, 2.05) is 55.6 Å². The lowest BCUT2D eigenvalue weighted by molar-refractivity contribution is -0.115. The molecule has 1 amide bonds. The average molecular weight is 527 g/mol. The number of thiazole rings is 1. The number of aromatic nitrogens is 1. The maximum absolute atomic E-state index is 12.6. The molecule has 128 valence electrons. The van der Waals surface area contributed by atoms with Crippen LogP contribution in [0.4, 0.5) is 10.8 Å². The Morgan fingerprint density at radius 2 is 1.80 bits per heavy atom. The number of carbonyl (C=O) groups excluding carboxylic acids is 1. The van der Waals surface area contributed by atoms with Gasteiger partial charge in [0.05, 0.1) is 15.8 Å². The number of alkyl halides is 1. The highest BCUT2D eigenvalue weighted by Crippen LogP contribution is 2.33. The molecule has 25 heavy (non-hydrogen) atoms. The van der Waals surface area contributed by atoms with E-state index in [2.05, 4.69) is 44.6 Å². The molecule has 3 rings (SSSR count). The van der Waals surface area contributed by atoms with E-state index in [1.165, 1.54) is 11.3 Å². The van der Waals surface area contributed by atoms with Gasteiger partial charge in [0.1, 0.15) is 0 Å². The maximum Gasteiger partial charge on any atom is 0.243 e. The topological polar surface area (TPSA) is 33.2 Å². The second-order valence-corrected chi connectivity index (χ2v) is 8.25. The number of benzene rings is 2. The summed E-state index contributed by atoms with van der Waals surface area (Å²) in [5, 5.41) is 2.69. The van der Waals surface area contributed by atoms with Crippen molar-refractivity contribution in [2.24, 2.45) is 0 Å². The molecule has 6 heteroatoms. The van der Waals surface area contributed by atoms with Crippen LogP contribution in [0.1, 0.15) is 11.1 Å². The van der Waals surface area contributed by atoms with Gasteiger partial charge in [0.25, 0.3) is 0 Å². The van der Waals surface area contributed by atoms with Gasteiger partial charge >= 0.3 is 0 Å². The van der Waals surface area contributed by atoms with Gasteiger partial charge < -0.3 is 0 Å². The van der Waals surface area contributed by atoms with Crippen LogP contribution in [-0.2, 0) is 4.79 Å². The summed E-state index contributed by atoms with van der Waals surface area (Å²) in [7, 11) is 0. The zero-order valence-electron chi connectivity index (χ0n) is 13.8. The Morgan fingerprint density at radius 1 is 1.16 bits per heavy atom. The second kappa shape index (κ2) is 7.97. The van der Waals surface area contributed by atoms with E-state index in [0.29, 0.717) is 9.56 Å². The first kappa shape index (κ1) is 18.5. The van der Waals surface area contributed by atoms with Crippen LogP contribution < -0.4 is 4.90 Å². The quantitative estimate of drug-likeness (QED) is 0.295. The molecule has 0 aliphatic heterocycles. The molecule has 0 fully saturated rings. The summed E-state index contributed by atoms with van der Waals surface area (Å²) in [6.45, 7) is 4.08.